The van der Waals surface area contributed by atoms with Crippen LogP contribution in [-0.4, -0.2) is 23.9 Å². The number of para-hydroxylation sites is 1. The number of halogens is 1. The van der Waals surface area contributed by atoms with Gasteiger partial charge < -0.3 is 5.32 Å². The van der Waals surface area contributed by atoms with Crippen molar-refractivity contribution in [2.24, 2.45) is 5.92 Å². The molecule has 2 aromatic carbocycles. The van der Waals surface area contributed by atoms with E-state index >= 15 is 0 Å². The van der Waals surface area contributed by atoms with Gasteiger partial charge in [0, 0.05) is 23.8 Å². The normalized spacial score (nSPS) is 17.7. The number of hydrogen-bond acceptors (Lipinski definition) is 2. The lowest BCUT2D eigenvalue weighted by atomic mass is 9.95. The molecule has 0 spiro atoms. The maximum Gasteiger partial charge on any atom is 0.228 e. The topological polar surface area (TPSA) is 32.3 Å². The Morgan fingerprint density at radius 1 is 1.15 bits per heavy atom. The van der Waals surface area contributed by atoms with Crippen molar-refractivity contribution in [1.82, 2.24) is 4.90 Å². The van der Waals surface area contributed by atoms with E-state index in [1.165, 1.54) is 16.7 Å². The third-order valence-corrected chi connectivity index (χ3v) is 5.65. The molecule has 1 heterocycles. The number of aryl methyl sites for hydroxylation is 2. The van der Waals surface area contributed by atoms with Gasteiger partial charge in [0.05, 0.1) is 5.92 Å². The molecule has 1 fully saturated rings. The van der Waals surface area contributed by atoms with Crippen LogP contribution in [0.4, 0.5) is 5.69 Å². The SMILES string of the molecule is CCc1cccc(CC)c1NC(=O)C1CCCN(Cc2cccc(Cl)c2)C1. The summed E-state index contributed by atoms with van der Waals surface area (Å²) in [6.07, 6.45) is 3.85. The average Bonchev–Trinajstić information content (AvgIpc) is 2.68. The molecule has 0 aliphatic carbocycles. The van der Waals surface area contributed by atoms with Crippen LogP contribution >= 0.6 is 11.6 Å². The van der Waals surface area contributed by atoms with Crippen LogP contribution in [-0.2, 0) is 24.2 Å². The molecule has 1 atom stereocenters. The highest BCUT2D eigenvalue weighted by Crippen LogP contribution is 2.26. The first kappa shape index (κ1) is 19.9. The Hall–Kier alpha value is -1.84. The van der Waals surface area contributed by atoms with E-state index in [2.05, 4.69) is 48.3 Å². The summed E-state index contributed by atoms with van der Waals surface area (Å²) < 4.78 is 0. The van der Waals surface area contributed by atoms with Crippen molar-refractivity contribution in [2.45, 2.75) is 46.1 Å². The number of anilines is 1. The molecule has 1 amide bonds. The highest BCUT2D eigenvalue weighted by atomic mass is 35.5. The van der Waals surface area contributed by atoms with Crippen LogP contribution in [0.3, 0.4) is 0 Å². The van der Waals surface area contributed by atoms with Crippen LogP contribution in [0.5, 0.6) is 0 Å². The van der Waals surface area contributed by atoms with Crippen molar-refractivity contribution in [3.63, 3.8) is 0 Å². The number of benzene rings is 2. The second-order valence-electron chi connectivity index (χ2n) is 7.35. The van der Waals surface area contributed by atoms with Gasteiger partial charge in [-0.2, -0.15) is 0 Å². The van der Waals surface area contributed by atoms with E-state index in [0.717, 1.165) is 56.0 Å². The van der Waals surface area contributed by atoms with E-state index in [4.69, 9.17) is 11.6 Å². The number of hydrogen-bond donors (Lipinski definition) is 1. The van der Waals surface area contributed by atoms with Gasteiger partial charge in [0.25, 0.3) is 0 Å². The highest BCUT2D eigenvalue weighted by Gasteiger charge is 2.26. The molecule has 0 saturated carbocycles. The summed E-state index contributed by atoms with van der Waals surface area (Å²) in [4.78, 5) is 15.4. The van der Waals surface area contributed by atoms with Gasteiger partial charge in [0.15, 0.2) is 0 Å². The fourth-order valence-electron chi connectivity index (χ4n) is 3.94. The summed E-state index contributed by atoms with van der Waals surface area (Å²) in [6, 6.07) is 14.3. The van der Waals surface area contributed by atoms with Gasteiger partial charge in [-0.05, 0) is 61.1 Å². The lowest BCUT2D eigenvalue weighted by Crippen LogP contribution is -2.40. The number of likely N-dealkylation sites (tertiary alicyclic amines) is 1. The van der Waals surface area contributed by atoms with Crippen molar-refractivity contribution in [3.8, 4) is 0 Å². The zero-order valence-corrected chi connectivity index (χ0v) is 17.1. The van der Waals surface area contributed by atoms with E-state index in [1.54, 1.807) is 0 Å². The van der Waals surface area contributed by atoms with Crippen LogP contribution in [0.25, 0.3) is 0 Å². The molecule has 27 heavy (non-hydrogen) atoms. The summed E-state index contributed by atoms with van der Waals surface area (Å²) in [6.45, 7) is 6.95. The van der Waals surface area contributed by atoms with Gasteiger partial charge >= 0.3 is 0 Å². The van der Waals surface area contributed by atoms with Crippen molar-refractivity contribution < 1.29 is 4.79 Å². The van der Waals surface area contributed by atoms with Crippen LogP contribution in [0.15, 0.2) is 42.5 Å². The zero-order valence-electron chi connectivity index (χ0n) is 16.3. The largest absolute Gasteiger partial charge is 0.325 e. The van der Waals surface area contributed by atoms with Gasteiger partial charge in [-0.15, -0.1) is 0 Å². The van der Waals surface area contributed by atoms with Gasteiger partial charge in [0.2, 0.25) is 5.91 Å². The predicted octanol–water partition coefficient (Wildman–Crippen LogP) is 5.32. The second-order valence-corrected chi connectivity index (χ2v) is 7.79. The minimum atomic E-state index is 0.0348. The third-order valence-electron chi connectivity index (χ3n) is 5.42. The Balaban J connectivity index is 1.67. The molecule has 3 rings (SSSR count). The smallest absolute Gasteiger partial charge is 0.228 e. The van der Waals surface area contributed by atoms with Gasteiger partial charge in [0.1, 0.15) is 0 Å². The van der Waals surface area contributed by atoms with E-state index < -0.39 is 0 Å². The Kier molecular flexibility index (Phi) is 6.92. The number of carbonyl (C=O) groups excluding carboxylic acids is 1. The summed E-state index contributed by atoms with van der Waals surface area (Å²) in [7, 11) is 0. The molecule has 1 aliphatic rings. The number of nitrogens with one attached hydrogen (secondary N) is 1. The van der Waals surface area contributed by atoms with E-state index in [-0.39, 0.29) is 11.8 Å². The molecule has 0 bridgehead atoms. The van der Waals surface area contributed by atoms with Crippen molar-refractivity contribution in [2.75, 3.05) is 18.4 Å². The Morgan fingerprint density at radius 2 is 1.85 bits per heavy atom. The monoisotopic (exact) mass is 384 g/mol. The molecule has 0 aromatic heterocycles. The fourth-order valence-corrected chi connectivity index (χ4v) is 4.15. The lowest BCUT2D eigenvalue weighted by Gasteiger charge is -2.32. The Bertz CT molecular complexity index is 767. The quantitative estimate of drug-likeness (QED) is 0.731. The first-order chi connectivity index (χ1) is 13.1. The van der Waals surface area contributed by atoms with Crippen LogP contribution in [0, 0.1) is 5.92 Å². The molecule has 1 saturated heterocycles. The summed E-state index contributed by atoms with van der Waals surface area (Å²) in [5.41, 5.74) is 4.66. The van der Waals surface area contributed by atoms with Gasteiger partial charge in [-0.25, -0.2) is 0 Å². The minimum Gasteiger partial charge on any atom is -0.325 e. The van der Waals surface area contributed by atoms with Crippen LogP contribution < -0.4 is 5.32 Å². The minimum absolute atomic E-state index is 0.0348. The van der Waals surface area contributed by atoms with Crippen molar-refractivity contribution >= 4 is 23.2 Å². The standard InChI is InChI=1S/C23H29ClN2O/c1-3-18-9-6-10-19(4-2)22(18)25-23(27)20-11-7-13-26(16-20)15-17-8-5-12-21(24)14-17/h5-6,8-10,12,14,20H,3-4,7,11,13,15-16H2,1-2H3,(H,25,27). The molecule has 3 nitrogen and oxygen atoms in total. The van der Waals surface area contributed by atoms with Gasteiger partial charge in [-0.3, -0.25) is 9.69 Å². The first-order valence-corrected chi connectivity index (χ1v) is 10.4. The maximum absolute atomic E-state index is 13.0. The first-order valence-electron chi connectivity index (χ1n) is 9.99. The molecule has 1 aliphatic heterocycles. The Labute approximate surface area is 167 Å². The molecular weight excluding hydrogens is 356 g/mol. The van der Waals surface area contributed by atoms with E-state index in [9.17, 15) is 4.79 Å². The molecule has 4 heteroatoms. The van der Waals surface area contributed by atoms with E-state index in [0.29, 0.717) is 0 Å². The Morgan fingerprint density at radius 3 is 2.52 bits per heavy atom. The summed E-state index contributed by atoms with van der Waals surface area (Å²) in [5.74, 6) is 0.189. The number of piperidine rings is 1. The molecule has 144 valence electrons. The highest BCUT2D eigenvalue weighted by molar-refractivity contribution is 6.30. The molecule has 0 radical (unpaired) electrons. The van der Waals surface area contributed by atoms with Crippen molar-refractivity contribution in [3.05, 3.63) is 64.2 Å². The van der Waals surface area contributed by atoms with E-state index in [1.807, 2.05) is 18.2 Å². The zero-order chi connectivity index (χ0) is 19.2. The van der Waals surface area contributed by atoms with Crippen molar-refractivity contribution in [1.29, 1.82) is 0 Å². The molecule has 1 unspecified atom stereocenters. The summed E-state index contributed by atoms with van der Waals surface area (Å²) >= 11 is 6.11. The van der Waals surface area contributed by atoms with Crippen LogP contribution in [0.2, 0.25) is 5.02 Å². The third kappa shape index (κ3) is 5.12. The molecule has 1 N–H and O–H groups in total. The number of rotatable bonds is 6. The second kappa shape index (κ2) is 9.38. The lowest BCUT2D eigenvalue weighted by molar-refractivity contribution is -0.121. The molecule has 2 aromatic rings. The number of amides is 1. The van der Waals surface area contributed by atoms with Gasteiger partial charge in [-0.1, -0.05) is 55.8 Å². The fraction of sp³-hybridized carbons (Fsp3) is 0.435. The summed E-state index contributed by atoms with van der Waals surface area (Å²) in [5, 5.41) is 4.02. The maximum atomic E-state index is 13.0. The average molecular weight is 385 g/mol. The van der Waals surface area contributed by atoms with Crippen LogP contribution in [0.1, 0.15) is 43.4 Å². The predicted molar refractivity (Wildman–Crippen MR) is 113 cm³/mol. The number of nitrogens with zero attached hydrogens (tertiary/aromatic N) is 1. The molecular formula is C23H29ClN2O. The number of carbonyl (C=O) groups is 1.